The van der Waals surface area contributed by atoms with Crippen LogP contribution in [-0.2, 0) is 28.6 Å². The summed E-state index contributed by atoms with van der Waals surface area (Å²) in [6.07, 6.45) is 3.75. The summed E-state index contributed by atoms with van der Waals surface area (Å²) < 4.78 is 16.0. The number of rotatable bonds is 14. The molecule has 0 fully saturated rings. The van der Waals surface area contributed by atoms with E-state index in [2.05, 4.69) is 12.2 Å². The summed E-state index contributed by atoms with van der Waals surface area (Å²) in [5, 5.41) is 30.1. The smallest absolute Gasteiger partial charge is 0.370 e. The van der Waals surface area contributed by atoms with Crippen molar-refractivity contribution in [3.8, 4) is 0 Å². The highest BCUT2D eigenvalue weighted by molar-refractivity contribution is 5.86. The summed E-state index contributed by atoms with van der Waals surface area (Å²) in [6, 6.07) is -0.855. The zero-order valence-electron chi connectivity index (χ0n) is 18.3. The summed E-state index contributed by atoms with van der Waals surface area (Å²) in [4.78, 5) is 35.0. The summed E-state index contributed by atoms with van der Waals surface area (Å²) in [7, 11) is 1.29. The van der Waals surface area contributed by atoms with Crippen LogP contribution >= 0.6 is 0 Å². The van der Waals surface area contributed by atoms with Gasteiger partial charge in [-0.2, -0.15) is 0 Å². The lowest BCUT2D eigenvalue weighted by molar-refractivity contribution is -0.159. The van der Waals surface area contributed by atoms with Gasteiger partial charge < -0.3 is 35.1 Å². The van der Waals surface area contributed by atoms with Crippen molar-refractivity contribution in [3.05, 3.63) is 11.8 Å². The molecule has 1 heterocycles. The molecule has 0 radical (unpaired) electrons. The lowest BCUT2D eigenvalue weighted by atomic mass is 9.87. The van der Waals surface area contributed by atoms with E-state index in [9.17, 15) is 24.6 Å². The average molecular weight is 443 g/mol. The molecule has 1 aliphatic rings. The highest BCUT2D eigenvalue weighted by atomic mass is 16.6. The number of carbonyl (C=O) groups excluding carboxylic acids is 2. The SMILES string of the molecule is CCCCCCCC(=O)OCC(O)C(OC)C1OC(C(=O)O)=CC(C=N)C1NC(C)=O. The normalized spacial score (nSPS) is 22.5. The molecule has 5 atom stereocenters. The quantitative estimate of drug-likeness (QED) is 0.179. The Morgan fingerprint density at radius 2 is 1.97 bits per heavy atom. The minimum absolute atomic E-state index is 0.240. The molecule has 0 saturated heterocycles. The minimum atomic E-state index is -1.35. The number of carboxylic acids is 1. The third-order valence-corrected chi connectivity index (χ3v) is 5.02. The van der Waals surface area contributed by atoms with Crippen molar-refractivity contribution in [2.75, 3.05) is 13.7 Å². The van der Waals surface area contributed by atoms with Gasteiger partial charge in [0.25, 0.3) is 0 Å². The molecular weight excluding hydrogens is 408 g/mol. The van der Waals surface area contributed by atoms with Crippen LogP contribution in [0.3, 0.4) is 0 Å². The Morgan fingerprint density at radius 1 is 1.29 bits per heavy atom. The summed E-state index contributed by atoms with van der Waals surface area (Å²) >= 11 is 0. The van der Waals surface area contributed by atoms with Crippen molar-refractivity contribution in [2.24, 2.45) is 5.92 Å². The highest BCUT2D eigenvalue weighted by Crippen LogP contribution is 2.27. The van der Waals surface area contributed by atoms with E-state index >= 15 is 0 Å². The molecule has 0 spiro atoms. The van der Waals surface area contributed by atoms with Crippen molar-refractivity contribution in [1.82, 2.24) is 5.32 Å². The number of esters is 1. The van der Waals surface area contributed by atoms with Crippen LogP contribution in [0.5, 0.6) is 0 Å². The average Bonchev–Trinajstić information content (AvgIpc) is 2.72. The second kappa shape index (κ2) is 13.8. The lowest BCUT2D eigenvalue weighted by Crippen LogP contribution is -2.59. The molecule has 10 heteroatoms. The van der Waals surface area contributed by atoms with Crippen LogP contribution < -0.4 is 5.32 Å². The molecule has 1 rings (SSSR count). The van der Waals surface area contributed by atoms with E-state index in [-0.39, 0.29) is 13.0 Å². The Labute approximate surface area is 182 Å². The maximum absolute atomic E-state index is 11.9. The molecule has 31 heavy (non-hydrogen) atoms. The van der Waals surface area contributed by atoms with E-state index in [1.165, 1.54) is 20.1 Å². The third-order valence-electron chi connectivity index (χ3n) is 5.02. The number of methoxy groups -OCH3 is 1. The molecule has 0 saturated carbocycles. The molecule has 0 aromatic carbocycles. The van der Waals surface area contributed by atoms with Gasteiger partial charge in [-0.15, -0.1) is 0 Å². The van der Waals surface area contributed by atoms with Gasteiger partial charge in [0.05, 0.1) is 6.04 Å². The van der Waals surface area contributed by atoms with Crippen LogP contribution in [0.25, 0.3) is 0 Å². The number of aliphatic carboxylic acids is 1. The number of unbranched alkanes of at least 4 members (excludes halogenated alkanes) is 4. The monoisotopic (exact) mass is 442 g/mol. The predicted molar refractivity (Wildman–Crippen MR) is 112 cm³/mol. The van der Waals surface area contributed by atoms with Crippen molar-refractivity contribution >= 4 is 24.1 Å². The van der Waals surface area contributed by atoms with Gasteiger partial charge in [-0.3, -0.25) is 9.59 Å². The van der Waals surface area contributed by atoms with E-state index in [0.717, 1.165) is 31.9 Å². The number of hydrogen-bond acceptors (Lipinski definition) is 8. The summed E-state index contributed by atoms with van der Waals surface area (Å²) in [5.74, 6) is -3.42. The molecular formula is C21H34N2O8. The largest absolute Gasteiger partial charge is 0.478 e. The van der Waals surface area contributed by atoms with Gasteiger partial charge in [0.15, 0.2) is 0 Å². The Balaban J connectivity index is 2.81. The Hall–Kier alpha value is -2.46. The maximum Gasteiger partial charge on any atom is 0.370 e. The first kappa shape index (κ1) is 26.6. The second-order valence-electron chi connectivity index (χ2n) is 7.50. The van der Waals surface area contributed by atoms with Crippen LogP contribution in [0, 0.1) is 11.3 Å². The molecule has 1 aliphatic heterocycles. The van der Waals surface area contributed by atoms with E-state index in [4.69, 9.17) is 19.6 Å². The minimum Gasteiger partial charge on any atom is -0.478 e. The second-order valence-corrected chi connectivity index (χ2v) is 7.50. The van der Waals surface area contributed by atoms with Gasteiger partial charge in [0.1, 0.15) is 24.9 Å². The molecule has 0 aliphatic carbocycles. The fraction of sp³-hybridized carbons (Fsp3) is 0.714. The van der Waals surface area contributed by atoms with Crippen molar-refractivity contribution in [2.45, 2.75) is 76.7 Å². The molecule has 0 bridgehead atoms. The molecule has 0 aromatic rings. The summed E-state index contributed by atoms with van der Waals surface area (Å²) in [5.41, 5.74) is 0. The first-order chi connectivity index (χ1) is 14.7. The fourth-order valence-corrected chi connectivity index (χ4v) is 3.44. The number of aliphatic hydroxyl groups is 1. The maximum atomic E-state index is 11.9. The van der Waals surface area contributed by atoms with Gasteiger partial charge in [-0.25, -0.2) is 4.79 Å². The highest BCUT2D eigenvalue weighted by Gasteiger charge is 2.44. The zero-order chi connectivity index (χ0) is 23.4. The van der Waals surface area contributed by atoms with E-state index in [1.807, 2.05) is 0 Å². The third kappa shape index (κ3) is 8.66. The zero-order valence-corrected chi connectivity index (χ0v) is 18.3. The van der Waals surface area contributed by atoms with Crippen LogP contribution in [0.15, 0.2) is 11.8 Å². The Morgan fingerprint density at radius 3 is 2.52 bits per heavy atom. The summed E-state index contributed by atoms with van der Waals surface area (Å²) in [6.45, 7) is 3.00. The molecule has 10 nitrogen and oxygen atoms in total. The molecule has 176 valence electrons. The van der Waals surface area contributed by atoms with Crippen molar-refractivity contribution in [1.29, 1.82) is 5.41 Å². The number of hydrogen-bond donors (Lipinski definition) is 4. The van der Waals surface area contributed by atoms with Crippen LogP contribution in [0.1, 0.15) is 52.4 Å². The number of carbonyl (C=O) groups is 3. The van der Waals surface area contributed by atoms with E-state index < -0.39 is 53.9 Å². The number of nitrogens with one attached hydrogen (secondary N) is 2. The van der Waals surface area contributed by atoms with E-state index in [1.54, 1.807) is 0 Å². The van der Waals surface area contributed by atoms with Gasteiger partial charge in [0, 0.05) is 32.6 Å². The fourth-order valence-electron chi connectivity index (χ4n) is 3.44. The molecule has 5 unspecified atom stereocenters. The van der Waals surface area contributed by atoms with E-state index in [0.29, 0.717) is 6.42 Å². The number of amides is 1. The Bertz CT molecular complexity index is 651. The van der Waals surface area contributed by atoms with Crippen LogP contribution in [0.4, 0.5) is 0 Å². The van der Waals surface area contributed by atoms with Gasteiger partial charge in [0.2, 0.25) is 11.7 Å². The van der Waals surface area contributed by atoms with Gasteiger partial charge in [-0.1, -0.05) is 32.6 Å². The number of ether oxygens (including phenoxy) is 3. The van der Waals surface area contributed by atoms with Crippen molar-refractivity contribution in [3.63, 3.8) is 0 Å². The number of aliphatic hydroxyl groups excluding tert-OH is 1. The van der Waals surface area contributed by atoms with Gasteiger partial charge in [-0.05, 0) is 12.5 Å². The first-order valence-electron chi connectivity index (χ1n) is 10.5. The molecule has 4 N–H and O–H groups in total. The van der Waals surface area contributed by atoms with Crippen LogP contribution in [-0.4, -0.2) is 72.3 Å². The standard InChI is InChI=1S/C21H34N2O8/c1-4-5-6-7-8-9-17(26)30-12-15(25)19(29-3)20-18(23-13(2)24)14(11-22)10-16(31-20)21(27)28/h10-11,14-15,18-20,22,25H,4-9,12H2,1-3H3,(H,23,24)(H,27,28). The lowest BCUT2D eigenvalue weighted by Gasteiger charge is -2.40. The van der Waals surface area contributed by atoms with Gasteiger partial charge >= 0.3 is 11.9 Å². The first-order valence-corrected chi connectivity index (χ1v) is 10.5. The van der Waals surface area contributed by atoms with Crippen molar-refractivity contribution < 1.29 is 38.8 Å². The predicted octanol–water partition coefficient (Wildman–Crippen LogP) is 1.40. The van der Waals surface area contributed by atoms with Crippen LogP contribution in [0.2, 0.25) is 0 Å². The molecule has 0 aromatic heterocycles. The Kier molecular flexibility index (Phi) is 11.8. The molecule has 1 amide bonds. The topological polar surface area (TPSA) is 155 Å². The number of carboxylic acid groups (broad SMARTS) is 1.